The minimum Gasteiger partial charge on any atom is -0.477 e. The third-order valence-electron chi connectivity index (χ3n) is 2.43. The van der Waals surface area contributed by atoms with Crippen molar-refractivity contribution in [3.8, 4) is 0 Å². The fourth-order valence-electron chi connectivity index (χ4n) is 1.91. The molecule has 0 aromatic rings. The van der Waals surface area contributed by atoms with E-state index < -0.39 is 5.97 Å². The van der Waals surface area contributed by atoms with Crippen molar-refractivity contribution >= 4 is 17.7 Å². The molecule has 0 aromatic heterocycles. The molecule has 0 amide bonds. The number of hydrogen-bond donors (Lipinski definition) is 2. The van der Waals surface area contributed by atoms with Gasteiger partial charge < -0.3 is 15.3 Å². The van der Waals surface area contributed by atoms with E-state index in [1.165, 1.54) is 4.91 Å². The zero-order valence-corrected chi connectivity index (χ0v) is 9.76. The van der Waals surface area contributed by atoms with Crippen molar-refractivity contribution in [2.75, 3.05) is 0 Å². The Balaban J connectivity index is 2.39. The normalized spacial score (nSPS) is 24.4. The van der Waals surface area contributed by atoms with Gasteiger partial charge in [0.05, 0.1) is 5.70 Å². The van der Waals surface area contributed by atoms with Gasteiger partial charge in [-0.15, -0.1) is 0 Å². The van der Waals surface area contributed by atoms with Crippen LogP contribution in [-0.2, 0) is 4.79 Å². The summed E-state index contributed by atoms with van der Waals surface area (Å²) in [5.41, 5.74) is 1.25. The molecular weight excluding hydrogens is 212 g/mol. The zero-order valence-electron chi connectivity index (χ0n) is 8.94. The number of nitrogens with one attached hydrogen (secondary N) is 1. The third kappa shape index (κ3) is 1.61. The fraction of sp³-hybridized carbons (Fsp3) is 0.500. The highest BCUT2D eigenvalue weighted by molar-refractivity contribution is 8.03. The van der Waals surface area contributed by atoms with E-state index in [1.807, 2.05) is 31.9 Å². The molecule has 15 heavy (non-hydrogen) atoms. The summed E-state index contributed by atoms with van der Waals surface area (Å²) in [5.74, 6) is -0.670. The maximum Gasteiger partial charge on any atom is 0.353 e. The number of carboxylic acid groups (broad SMARTS) is 1. The molecule has 0 saturated heterocycles. The topological polar surface area (TPSA) is 52.6 Å². The minimum absolute atomic E-state index is 0.0356. The van der Waals surface area contributed by atoms with Gasteiger partial charge in [0.1, 0.15) is 5.70 Å². The first-order valence-electron chi connectivity index (χ1n) is 4.88. The van der Waals surface area contributed by atoms with E-state index in [4.69, 9.17) is 5.11 Å². The molecule has 1 atom stereocenters. The molecule has 0 spiro atoms. The molecule has 0 bridgehead atoms. The summed E-state index contributed by atoms with van der Waals surface area (Å²) < 4.78 is 0. The highest BCUT2D eigenvalue weighted by Gasteiger charge is 2.38. The van der Waals surface area contributed by atoms with Gasteiger partial charge >= 0.3 is 5.97 Å². The molecule has 2 aliphatic heterocycles. The standard InChI is InChI=1S/C10H14N2O2S/c1-5(2)8-7(9(13)14)11-10-12(8)4-6(3)15-10/h4-5,10-11H,1-3H3,(H,13,14). The molecule has 5 heteroatoms. The summed E-state index contributed by atoms with van der Waals surface area (Å²) in [4.78, 5) is 14.3. The second-order valence-electron chi connectivity index (χ2n) is 3.98. The third-order valence-corrected chi connectivity index (χ3v) is 3.48. The van der Waals surface area contributed by atoms with E-state index in [0.717, 1.165) is 5.70 Å². The maximum absolute atomic E-state index is 11.1. The Kier molecular flexibility index (Phi) is 2.42. The average molecular weight is 226 g/mol. The van der Waals surface area contributed by atoms with Crippen LogP contribution in [0.15, 0.2) is 22.5 Å². The predicted molar refractivity (Wildman–Crippen MR) is 59.6 cm³/mol. The lowest BCUT2D eigenvalue weighted by atomic mass is 10.1. The highest BCUT2D eigenvalue weighted by Crippen LogP contribution is 2.40. The first kappa shape index (κ1) is 10.4. The second kappa shape index (κ2) is 3.48. The SMILES string of the molecule is CC1=CN2C(C(C)C)=C(C(=O)O)NC2S1. The van der Waals surface area contributed by atoms with Gasteiger partial charge in [-0.05, 0) is 12.8 Å². The summed E-state index contributed by atoms with van der Waals surface area (Å²) in [6.07, 6.45) is 2.01. The molecule has 82 valence electrons. The lowest BCUT2D eigenvalue weighted by molar-refractivity contribution is -0.133. The van der Waals surface area contributed by atoms with Crippen LogP contribution in [0, 0.1) is 5.92 Å². The van der Waals surface area contributed by atoms with Crippen LogP contribution < -0.4 is 5.32 Å². The lowest BCUT2D eigenvalue weighted by Gasteiger charge is -2.20. The van der Waals surface area contributed by atoms with Gasteiger partial charge in [0.25, 0.3) is 0 Å². The van der Waals surface area contributed by atoms with E-state index in [0.29, 0.717) is 5.70 Å². The van der Waals surface area contributed by atoms with Crippen molar-refractivity contribution < 1.29 is 9.90 Å². The first-order valence-corrected chi connectivity index (χ1v) is 5.76. The van der Waals surface area contributed by atoms with Crippen LogP contribution in [0.4, 0.5) is 0 Å². The van der Waals surface area contributed by atoms with E-state index in [9.17, 15) is 4.79 Å². The maximum atomic E-state index is 11.1. The molecule has 0 aromatic carbocycles. The van der Waals surface area contributed by atoms with Gasteiger partial charge in [-0.1, -0.05) is 25.6 Å². The molecule has 0 fully saturated rings. The van der Waals surface area contributed by atoms with Crippen molar-refractivity contribution in [1.82, 2.24) is 10.2 Å². The Morgan fingerprint density at radius 2 is 2.33 bits per heavy atom. The number of carboxylic acids is 1. The van der Waals surface area contributed by atoms with Crippen molar-refractivity contribution in [3.63, 3.8) is 0 Å². The van der Waals surface area contributed by atoms with E-state index in [1.54, 1.807) is 11.8 Å². The number of allylic oxidation sites excluding steroid dienone is 2. The highest BCUT2D eigenvalue weighted by atomic mass is 32.2. The number of fused-ring (bicyclic) bond motifs is 1. The van der Waals surface area contributed by atoms with Crippen LogP contribution in [0.2, 0.25) is 0 Å². The summed E-state index contributed by atoms with van der Waals surface area (Å²) >= 11 is 1.65. The molecule has 0 radical (unpaired) electrons. The van der Waals surface area contributed by atoms with E-state index >= 15 is 0 Å². The van der Waals surface area contributed by atoms with Crippen molar-refractivity contribution in [2.45, 2.75) is 26.3 Å². The van der Waals surface area contributed by atoms with Gasteiger partial charge in [-0.3, -0.25) is 0 Å². The molecule has 2 rings (SSSR count). The molecular formula is C10H14N2O2S. The monoisotopic (exact) mass is 226 g/mol. The Morgan fingerprint density at radius 3 is 2.87 bits per heavy atom. The van der Waals surface area contributed by atoms with Gasteiger partial charge in [0.15, 0.2) is 5.50 Å². The first-order chi connectivity index (χ1) is 7.00. The molecule has 4 nitrogen and oxygen atoms in total. The Hall–Kier alpha value is -1.10. The molecule has 0 aliphatic carbocycles. The average Bonchev–Trinajstić information content (AvgIpc) is 2.58. The van der Waals surface area contributed by atoms with Crippen molar-refractivity contribution in [3.05, 3.63) is 22.5 Å². The summed E-state index contributed by atoms with van der Waals surface area (Å²) in [6, 6.07) is 0. The number of aliphatic carboxylic acids is 1. The summed E-state index contributed by atoms with van der Waals surface area (Å²) in [5, 5.41) is 12.1. The quantitative estimate of drug-likeness (QED) is 0.751. The molecule has 2 N–H and O–H groups in total. The number of carbonyl (C=O) groups is 1. The summed E-state index contributed by atoms with van der Waals surface area (Å²) in [7, 11) is 0. The van der Waals surface area contributed by atoms with Crippen LogP contribution in [0.5, 0.6) is 0 Å². The smallest absolute Gasteiger partial charge is 0.353 e. The number of nitrogens with zero attached hydrogens (tertiary/aromatic N) is 1. The molecule has 0 saturated carbocycles. The molecule has 2 aliphatic rings. The Labute approximate surface area is 93.0 Å². The van der Waals surface area contributed by atoms with Gasteiger partial charge in [0, 0.05) is 11.1 Å². The zero-order chi connectivity index (χ0) is 11.2. The van der Waals surface area contributed by atoms with Crippen molar-refractivity contribution in [2.24, 2.45) is 5.92 Å². The van der Waals surface area contributed by atoms with E-state index in [-0.39, 0.29) is 11.4 Å². The predicted octanol–water partition coefficient (Wildman–Crippen LogP) is 1.74. The summed E-state index contributed by atoms with van der Waals surface area (Å²) in [6.45, 7) is 6.05. The number of hydrogen-bond acceptors (Lipinski definition) is 4. The Morgan fingerprint density at radius 1 is 1.67 bits per heavy atom. The minimum atomic E-state index is -0.875. The second-order valence-corrected chi connectivity index (χ2v) is 5.31. The molecule has 1 unspecified atom stereocenters. The van der Waals surface area contributed by atoms with E-state index in [2.05, 4.69) is 5.32 Å². The Bertz CT molecular complexity index is 374. The van der Waals surface area contributed by atoms with Gasteiger partial charge in [-0.25, -0.2) is 4.79 Å². The number of rotatable bonds is 2. The van der Waals surface area contributed by atoms with Crippen LogP contribution in [-0.4, -0.2) is 21.5 Å². The van der Waals surface area contributed by atoms with Gasteiger partial charge in [0.2, 0.25) is 0 Å². The van der Waals surface area contributed by atoms with Crippen molar-refractivity contribution in [1.29, 1.82) is 0 Å². The van der Waals surface area contributed by atoms with Crippen LogP contribution in [0.25, 0.3) is 0 Å². The molecule has 2 heterocycles. The van der Waals surface area contributed by atoms with Gasteiger partial charge in [-0.2, -0.15) is 0 Å². The van der Waals surface area contributed by atoms with Crippen LogP contribution >= 0.6 is 11.8 Å². The lowest BCUT2D eigenvalue weighted by Crippen LogP contribution is -2.29. The fourth-order valence-corrected chi connectivity index (χ4v) is 2.90. The largest absolute Gasteiger partial charge is 0.477 e. The number of thioether (sulfide) groups is 1. The van der Waals surface area contributed by atoms with Crippen LogP contribution in [0.3, 0.4) is 0 Å². The van der Waals surface area contributed by atoms with Crippen LogP contribution in [0.1, 0.15) is 20.8 Å².